The molecule has 2 N–H and O–H groups in total. The Balaban J connectivity index is 1.70. The average molecular weight is 420 g/mol. The van der Waals surface area contributed by atoms with Crippen LogP contribution in [-0.2, 0) is 11.2 Å². The van der Waals surface area contributed by atoms with Gasteiger partial charge in [-0.15, -0.1) is 11.3 Å². The first-order chi connectivity index (χ1) is 11.8. The highest BCUT2D eigenvalue weighted by molar-refractivity contribution is 9.10. The molecule has 0 aliphatic heterocycles. The van der Waals surface area contributed by atoms with Crippen LogP contribution in [0, 0.1) is 20.8 Å². The van der Waals surface area contributed by atoms with Crippen molar-refractivity contribution in [2.24, 2.45) is 0 Å². The maximum absolute atomic E-state index is 12.2. The quantitative estimate of drug-likeness (QED) is 0.663. The number of nitrogens with one attached hydrogen (secondary N) is 2. The molecule has 7 heteroatoms. The number of rotatable bonds is 4. The van der Waals surface area contributed by atoms with E-state index in [0.29, 0.717) is 17.6 Å². The third kappa shape index (κ3) is 3.82. The Morgan fingerprint density at radius 3 is 2.80 bits per heavy atom. The molecule has 0 saturated heterocycles. The molecule has 0 bridgehead atoms. The topological polar surface area (TPSA) is 74.8 Å². The van der Waals surface area contributed by atoms with Gasteiger partial charge >= 0.3 is 0 Å². The van der Waals surface area contributed by atoms with Gasteiger partial charge in [0, 0.05) is 27.9 Å². The van der Waals surface area contributed by atoms with E-state index in [1.807, 2.05) is 39.0 Å². The fraction of sp³-hybridized carbons (Fsp3) is 0.278. The van der Waals surface area contributed by atoms with Gasteiger partial charge in [-0.1, -0.05) is 15.9 Å². The average Bonchev–Trinajstić information content (AvgIpc) is 2.84. The first-order valence-electron chi connectivity index (χ1n) is 7.90. The largest absolute Gasteiger partial charge is 0.326 e. The van der Waals surface area contributed by atoms with Crippen molar-refractivity contribution in [3.8, 4) is 0 Å². The normalized spacial score (nSPS) is 11.0. The summed E-state index contributed by atoms with van der Waals surface area (Å²) < 4.78 is 1.00. The van der Waals surface area contributed by atoms with Gasteiger partial charge in [0.2, 0.25) is 5.91 Å². The lowest BCUT2D eigenvalue weighted by Gasteiger charge is -2.07. The zero-order chi connectivity index (χ0) is 18.1. The van der Waals surface area contributed by atoms with Crippen molar-refractivity contribution in [2.45, 2.75) is 33.6 Å². The molecule has 3 aromatic rings. The van der Waals surface area contributed by atoms with Gasteiger partial charge < -0.3 is 10.3 Å². The number of aromatic nitrogens is 2. The number of carbonyl (C=O) groups is 1. The molecule has 5 nitrogen and oxygen atoms in total. The van der Waals surface area contributed by atoms with Crippen LogP contribution in [0.2, 0.25) is 0 Å². The van der Waals surface area contributed by atoms with Crippen LogP contribution in [0.1, 0.15) is 28.2 Å². The number of carbonyl (C=O) groups excluding carboxylic acids is 1. The van der Waals surface area contributed by atoms with E-state index in [2.05, 4.69) is 31.2 Å². The second kappa shape index (κ2) is 7.09. The Morgan fingerprint density at radius 1 is 1.32 bits per heavy atom. The first-order valence-corrected chi connectivity index (χ1v) is 9.51. The summed E-state index contributed by atoms with van der Waals surface area (Å²) in [5, 5.41) is 3.52. The highest BCUT2D eigenvalue weighted by Crippen LogP contribution is 2.25. The molecule has 2 heterocycles. The summed E-state index contributed by atoms with van der Waals surface area (Å²) in [6.07, 6.45) is 0.648. The van der Waals surface area contributed by atoms with Gasteiger partial charge in [0.15, 0.2) is 0 Å². The lowest BCUT2D eigenvalue weighted by atomic mass is 10.2. The van der Waals surface area contributed by atoms with E-state index in [4.69, 9.17) is 0 Å². The number of H-pyrrole nitrogens is 1. The number of hydrogen-bond donors (Lipinski definition) is 2. The predicted octanol–water partition coefficient (Wildman–Crippen LogP) is 4.24. The van der Waals surface area contributed by atoms with Gasteiger partial charge in [-0.05, 0) is 50.1 Å². The van der Waals surface area contributed by atoms with Gasteiger partial charge in [0.1, 0.15) is 10.7 Å². The lowest BCUT2D eigenvalue weighted by molar-refractivity contribution is -0.116. The van der Waals surface area contributed by atoms with Crippen LogP contribution in [0.3, 0.4) is 0 Å². The van der Waals surface area contributed by atoms with Gasteiger partial charge in [0.05, 0.1) is 5.39 Å². The molecule has 1 amide bonds. The molecule has 0 radical (unpaired) electrons. The SMILES string of the molecule is Cc1cc(NC(=O)CCc2nc3sc(C)c(C)c3c(=O)[nH]2)ccc1Br. The van der Waals surface area contributed by atoms with Gasteiger partial charge in [-0.2, -0.15) is 0 Å². The number of benzene rings is 1. The van der Waals surface area contributed by atoms with Crippen molar-refractivity contribution < 1.29 is 4.79 Å². The van der Waals surface area contributed by atoms with E-state index in [0.717, 1.165) is 31.0 Å². The number of hydrogen-bond acceptors (Lipinski definition) is 4. The standard InChI is InChI=1S/C18H18BrN3O2S/c1-9-8-12(4-5-13(9)19)20-15(23)7-6-14-21-17(24)16-10(2)11(3)25-18(16)22-14/h4-5,8H,6-7H2,1-3H3,(H,20,23)(H,21,22,24). The van der Waals surface area contributed by atoms with Crippen molar-refractivity contribution in [1.82, 2.24) is 9.97 Å². The summed E-state index contributed by atoms with van der Waals surface area (Å²) in [7, 11) is 0. The zero-order valence-corrected chi connectivity index (χ0v) is 16.6. The summed E-state index contributed by atoms with van der Waals surface area (Å²) in [5.41, 5.74) is 2.65. The number of thiophene rings is 1. The first kappa shape index (κ1) is 17.8. The molecule has 25 heavy (non-hydrogen) atoms. The molecule has 0 unspecified atom stereocenters. The third-order valence-electron chi connectivity index (χ3n) is 4.12. The van der Waals surface area contributed by atoms with Crippen LogP contribution in [0.5, 0.6) is 0 Å². The van der Waals surface area contributed by atoms with Crippen LogP contribution in [0.4, 0.5) is 5.69 Å². The lowest BCUT2D eigenvalue weighted by Crippen LogP contribution is -2.16. The van der Waals surface area contributed by atoms with Crippen LogP contribution >= 0.6 is 27.3 Å². The van der Waals surface area contributed by atoms with Crippen LogP contribution < -0.4 is 10.9 Å². The molecule has 0 saturated carbocycles. The molecule has 0 aliphatic carbocycles. The fourth-order valence-electron chi connectivity index (χ4n) is 2.60. The van der Waals surface area contributed by atoms with Crippen LogP contribution in [0.25, 0.3) is 10.2 Å². The molecule has 1 aromatic carbocycles. The van der Waals surface area contributed by atoms with Crippen LogP contribution in [-0.4, -0.2) is 15.9 Å². The number of amides is 1. The molecule has 0 atom stereocenters. The smallest absolute Gasteiger partial charge is 0.259 e. The molecule has 2 aromatic heterocycles. The Hall–Kier alpha value is -1.99. The summed E-state index contributed by atoms with van der Waals surface area (Å²) in [6, 6.07) is 5.66. The van der Waals surface area contributed by atoms with Crippen molar-refractivity contribution in [2.75, 3.05) is 5.32 Å². The number of aromatic amines is 1. The Labute approximate surface area is 157 Å². The molecule has 3 rings (SSSR count). The van der Waals surface area contributed by atoms with Crippen molar-refractivity contribution in [1.29, 1.82) is 0 Å². The minimum absolute atomic E-state index is 0.108. The summed E-state index contributed by atoms with van der Waals surface area (Å²) in [5.74, 6) is 0.434. The second-order valence-electron chi connectivity index (χ2n) is 5.99. The molecule has 0 aliphatic rings. The van der Waals surface area contributed by atoms with E-state index in [1.165, 1.54) is 11.3 Å². The fourth-order valence-corrected chi connectivity index (χ4v) is 3.89. The van der Waals surface area contributed by atoms with E-state index >= 15 is 0 Å². The minimum Gasteiger partial charge on any atom is -0.326 e. The Bertz CT molecular complexity index is 1020. The number of aryl methyl sites for hydroxylation is 4. The number of anilines is 1. The van der Waals surface area contributed by atoms with Gasteiger partial charge in [-0.3, -0.25) is 9.59 Å². The van der Waals surface area contributed by atoms with Crippen molar-refractivity contribution >= 4 is 49.1 Å². The zero-order valence-electron chi connectivity index (χ0n) is 14.2. The third-order valence-corrected chi connectivity index (χ3v) is 6.11. The molecule has 0 fully saturated rings. The Kier molecular flexibility index (Phi) is 5.06. The summed E-state index contributed by atoms with van der Waals surface area (Å²) >= 11 is 4.95. The van der Waals surface area contributed by atoms with Gasteiger partial charge in [-0.25, -0.2) is 4.98 Å². The molecular formula is C18H18BrN3O2S. The minimum atomic E-state index is -0.134. The number of halogens is 1. The van der Waals surface area contributed by atoms with Gasteiger partial charge in [0.25, 0.3) is 5.56 Å². The Morgan fingerprint density at radius 2 is 2.08 bits per heavy atom. The maximum Gasteiger partial charge on any atom is 0.259 e. The van der Waals surface area contributed by atoms with E-state index in [9.17, 15) is 9.59 Å². The molecular weight excluding hydrogens is 402 g/mol. The van der Waals surface area contributed by atoms with E-state index in [-0.39, 0.29) is 17.9 Å². The van der Waals surface area contributed by atoms with Crippen molar-refractivity contribution in [3.63, 3.8) is 0 Å². The monoisotopic (exact) mass is 419 g/mol. The maximum atomic E-state index is 12.2. The summed E-state index contributed by atoms with van der Waals surface area (Å²) in [4.78, 5) is 33.5. The summed E-state index contributed by atoms with van der Waals surface area (Å²) in [6.45, 7) is 5.88. The van der Waals surface area contributed by atoms with Crippen LogP contribution in [0.15, 0.2) is 27.5 Å². The highest BCUT2D eigenvalue weighted by Gasteiger charge is 2.12. The van der Waals surface area contributed by atoms with E-state index in [1.54, 1.807) is 0 Å². The molecule has 130 valence electrons. The highest BCUT2D eigenvalue weighted by atomic mass is 79.9. The number of nitrogens with zero attached hydrogens (tertiary/aromatic N) is 1. The predicted molar refractivity (Wildman–Crippen MR) is 106 cm³/mol. The number of fused-ring (bicyclic) bond motifs is 1. The van der Waals surface area contributed by atoms with E-state index < -0.39 is 0 Å². The second-order valence-corrected chi connectivity index (χ2v) is 8.05. The van der Waals surface area contributed by atoms with Crippen molar-refractivity contribution in [3.05, 3.63) is 54.9 Å². The molecule has 0 spiro atoms.